The Morgan fingerprint density at radius 2 is 1.67 bits per heavy atom. The summed E-state index contributed by atoms with van der Waals surface area (Å²) in [6, 6.07) is 13.6. The molecule has 24 heavy (non-hydrogen) atoms. The Hall–Kier alpha value is -2.04. The summed E-state index contributed by atoms with van der Waals surface area (Å²) in [5.74, 6) is -0.888. The molecule has 3 rings (SSSR count). The zero-order valence-electron chi connectivity index (χ0n) is 12.7. The van der Waals surface area contributed by atoms with Gasteiger partial charge in [-0.05, 0) is 31.0 Å². The average Bonchev–Trinajstić information content (AvgIpc) is 3.37. The van der Waals surface area contributed by atoms with Gasteiger partial charge in [-0.1, -0.05) is 53.5 Å². The van der Waals surface area contributed by atoms with Crippen LogP contribution in [0.3, 0.4) is 0 Å². The van der Waals surface area contributed by atoms with E-state index in [0.29, 0.717) is 21.3 Å². The molecule has 0 heterocycles. The molecule has 0 saturated heterocycles. The first-order valence-electron chi connectivity index (χ1n) is 7.55. The summed E-state index contributed by atoms with van der Waals surface area (Å²) in [6.45, 7) is 0. The van der Waals surface area contributed by atoms with E-state index in [0.717, 1.165) is 12.8 Å². The highest BCUT2D eigenvalue weighted by molar-refractivity contribution is 6.35. The maximum Gasteiger partial charge on any atom is 0.310 e. The molecule has 4 nitrogen and oxygen atoms in total. The number of nitrogens with one attached hydrogen (secondary N) is 1. The standard InChI is InChI=1S/C18H15Cl2NO3/c19-13-8-14(20)10-15(9-13)21-17(22)16(11-4-2-1-3-5-11)24-18(23)12-6-7-12/h1-5,8-10,12,16H,6-7H2,(H,21,22). The molecule has 0 aliphatic heterocycles. The van der Waals surface area contributed by atoms with E-state index in [-0.39, 0.29) is 11.9 Å². The molecule has 2 aromatic rings. The number of hydrogen-bond donors (Lipinski definition) is 1. The van der Waals surface area contributed by atoms with Crippen LogP contribution in [-0.4, -0.2) is 11.9 Å². The van der Waals surface area contributed by atoms with Gasteiger partial charge >= 0.3 is 5.97 Å². The summed E-state index contributed by atoms with van der Waals surface area (Å²) in [5, 5.41) is 3.51. The largest absolute Gasteiger partial charge is 0.447 e. The number of carbonyl (C=O) groups excluding carboxylic acids is 2. The Balaban J connectivity index is 1.81. The fourth-order valence-electron chi connectivity index (χ4n) is 2.27. The first kappa shape index (κ1) is 16.8. The Bertz CT molecular complexity index is 740. The average molecular weight is 364 g/mol. The van der Waals surface area contributed by atoms with Crippen LogP contribution >= 0.6 is 23.2 Å². The van der Waals surface area contributed by atoms with Crippen LogP contribution in [0.4, 0.5) is 5.69 Å². The van der Waals surface area contributed by atoms with E-state index in [1.54, 1.807) is 42.5 Å². The molecule has 1 aliphatic carbocycles. The molecule has 0 aromatic heterocycles. The summed E-state index contributed by atoms with van der Waals surface area (Å²) < 4.78 is 5.44. The predicted molar refractivity (Wildman–Crippen MR) is 93.1 cm³/mol. The number of rotatable bonds is 5. The zero-order chi connectivity index (χ0) is 17.1. The van der Waals surface area contributed by atoms with Crippen LogP contribution in [-0.2, 0) is 14.3 Å². The molecule has 1 amide bonds. The maximum absolute atomic E-state index is 12.6. The number of amides is 1. The lowest BCUT2D eigenvalue weighted by atomic mass is 10.1. The van der Waals surface area contributed by atoms with Gasteiger partial charge in [0.1, 0.15) is 0 Å². The summed E-state index contributed by atoms with van der Waals surface area (Å²) in [5.41, 5.74) is 1.05. The predicted octanol–water partition coefficient (Wildman–Crippen LogP) is 4.63. The normalized spacial score (nSPS) is 14.8. The number of carbonyl (C=O) groups is 2. The number of halogens is 2. The van der Waals surface area contributed by atoms with E-state index >= 15 is 0 Å². The van der Waals surface area contributed by atoms with Crippen LogP contribution in [0.5, 0.6) is 0 Å². The van der Waals surface area contributed by atoms with Crippen LogP contribution in [0.1, 0.15) is 24.5 Å². The van der Waals surface area contributed by atoms with Gasteiger partial charge in [-0.2, -0.15) is 0 Å². The summed E-state index contributed by atoms with van der Waals surface area (Å²) in [4.78, 5) is 24.6. The van der Waals surface area contributed by atoms with Gasteiger partial charge in [0.2, 0.25) is 6.10 Å². The Morgan fingerprint density at radius 3 is 2.25 bits per heavy atom. The lowest BCUT2D eigenvalue weighted by Gasteiger charge is -2.18. The minimum Gasteiger partial charge on any atom is -0.447 e. The summed E-state index contributed by atoms with van der Waals surface area (Å²) in [7, 11) is 0. The molecule has 0 bridgehead atoms. The molecular formula is C18H15Cl2NO3. The first-order chi connectivity index (χ1) is 11.5. The second-order valence-corrected chi connectivity index (χ2v) is 6.52. The van der Waals surface area contributed by atoms with Gasteiger partial charge in [-0.3, -0.25) is 9.59 Å². The number of anilines is 1. The molecule has 1 atom stereocenters. The smallest absolute Gasteiger partial charge is 0.310 e. The quantitative estimate of drug-likeness (QED) is 0.788. The molecule has 0 spiro atoms. The second kappa shape index (κ2) is 7.24. The highest BCUT2D eigenvalue weighted by Gasteiger charge is 2.35. The van der Waals surface area contributed by atoms with E-state index < -0.39 is 12.0 Å². The second-order valence-electron chi connectivity index (χ2n) is 5.65. The van der Waals surface area contributed by atoms with E-state index in [4.69, 9.17) is 27.9 Å². The molecular weight excluding hydrogens is 349 g/mol. The third kappa shape index (κ3) is 4.28. The van der Waals surface area contributed by atoms with E-state index in [1.807, 2.05) is 6.07 Å². The minimum absolute atomic E-state index is 0.0929. The van der Waals surface area contributed by atoms with Crippen molar-refractivity contribution in [3.05, 3.63) is 64.1 Å². The van der Waals surface area contributed by atoms with Gasteiger partial charge in [0.15, 0.2) is 0 Å². The van der Waals surface area contributed by atoms with Gasteiger partial charge in [-0.15, -0.1) is 0 Å². The van der Waals surface area contributed by atoms with Crippen molar-refractivity contribution < 1.29 is 14.3 Å². The van der Waals surface area contributed by atoms with Crippen molar-refractivity contribution in [1.29, 1.82) is 0 Å². The first-order valence-corrected chi connectivity index (χ1v) is 8.31. The molecule has 2 aromatic carbocycles. The molecule has 1 unspecified atom stereocenters. The number of ether oxygens (including phenoxy) is 1. The van der Waals surface area contributed by atoms with Gasteiger partial charge in [0, 0.05) is 21.3 Å². The number of benzene rings is 2. The monoisotopic (exact) mass is 363 g/mol. The van der Waals surface area contributed by atoms with Crippen molar-refractivity contribution >= 4 is 40.8 Å². The van der Waals surface area contributed by atoms with Crippen molar-refractivity contribution in [3.8, 4) is 0 Å². The molecule has 1 N–H and O–H groups in total. The zero-order valence-corrected chi connectivity index (χ0v) is 14.2. The highest BCUT2D eigenvalue weighted by atomic mass is 35.5. The van der Waals surface area contributed by atoms with Crippen molar-refractivity contribution in [2.45, 2.75) is 18.9 Å². The van der Waals surface area contributed by atoms with Gasteiger partial charge < -0.3 is 10.1 Å². The van der Waals surface area contributed by atoms with E-state index in [9.17, 15) is 9.59 Å². The molecule has 124 valence electrons. The fourth-order valence-corrected chi connectivity index (χ4v) is 2.79. The third-order valence-corrected chi connectivity index (χ3v) is 4.05. The van der Waals surface area contributed by atoms with Crippen LogP contribution < -0.4 is 5.32 Å². The molecule has 1 fully saturated rings. The van der Waals surface area contributed by atoms with E-state index in [2.05, 4.69) is 5.32 Å². The van der Waals surface area contributed by atoms with Crippen LogP contribution in [0.2, 0.25) is 10.0 Å². The highest BCUT2D eigenvalue weighted by Crippen LogP contribution is 2.33. The number of hydrogen-bond acceptors (Lipinski definition) is 3. The minimum atomic E-state index is -1.02. The topological polar surface area (TPSA) is 55.4 Å². The fraction of sp³-hybridized carbons (Fsp3) is 0.222. The van der Waals surface area contributed by atoms with Crippen LogP contribution in [0.25, 0.3) is 0 Å². The van der Waals surface area contributed by atoms with Crippen molar-refractivity contribution in [2.24, 2.45) is 5.92 Å². The SMILES string of the molecule is O=C(OC(C(=O)Nc1cc(Cl)cc(Cl)c1)c1ccccc1)C1CC1. The molecule has 6 heteroatoms. The van der Waals surface area contributed by atoms with Crippen LogP contribution in [0, 0.1) is 5.92 Å². The molecule has 0 radical (unpaired) electrons. The van der Waals surface area contributed by atoms with Gasteiger partial charge in [0.05, 0.1) is 5.92 Å². The third-order valence-electron chi connectivity index (χ3n) is 3.62. The maximum atomic E-state index is 12.6. The van der Waals surface area contributed by atoms with Crippen LogP contribution in [0.15, 0.2) is 48.5 Å². The lowest BCUT2D eigenvalue weighted by molar-refractivity contribution is -0.156. The van der Waals surface area contributed by atoms with Crippen molar-refractivity contribution in [1.82, 2.24) is 0 Å². The van der Waals surface area contributed by atoms with Crippen molar-refractivity contribution in [2.75, 3.05) is 5.32 Å². The number of esters is 1. The molecule has 1 aliphatic rings. The molecule has 1 saturated carbocycles. The Labute approximate surface area is 149 Å². The Morgan fingerprint density at radius 1 is 1.04 bits per heavy atom. The van der Waals surface area contributed by atoms with Crippen molar-refractivity contribution in [3.63, 3.8) is 0 Å². The van der Waals surface area contributed by atoms with Gasteiger partial charge in [-0.25, -0.2) is 0 Å². The Kier molecular flexibility index (Phi) is 5.07. The summed E-state index contributed by atoms with van der Waals surface area (Å²) in [6.07, 6.45) is 0.606. The lowest BCUT2D eigenvalue weighted by Crippen LogP contribution is -2.26. The summed E-state index contributed by atoms with van der Waals surface area (Å²) >= 11 is 11.9. The van der Waals surface area contributed by atoms with Gasteiger partial charge in [0.25, 0.3) is 5.91 Å². The van der Waals surface area contributed by atoms with E-state index in [1.165, 1.54) is 0 Å².